The van der Waals surface area contributed by atoms with Crippen LogP contribution in [0.15, 0.2) is 18.2 Å². The lowest BCUT2D eigenvalue weighted by Gasteiger charge is -2.46. The van der Waals surface area contributed by atoms with Gasteiger partial charge >= 0.3 is 0 Å². The van der Waals surface area contributed by atoms with E-state index in [2.05, 4.69) is 34.9 Å². The van der Waals surface area contributed by atoms with Crippen LogP contribution in [0.4, 0.5) is 0 Å². The van der Waals surface area contributed by atoms with E-state index in [1.807, 2.05) is 12.1 Å². The lowest BCUT2D eigenvalue weighted by atomic mass is 9.78. The van der Waals surface area contributed by atoms with E-state index in [0.717, 1.165) is 43.1 Å². The van der Waals surface area contributed by atoms with Crippen molar-refractivity contribution in [1.82, 2.24) is 14.7 Å². The predicted octanol–water partition coefficient (Wildman–Crippen LogP) is 3.78. The summed E-state index contributed by atoms with van der Waals surface area (Å²) in [4.78, 5) is 21.0. The number of nitrogens with zero attached hydrogens (tertiary/aromatic N) is 3. The van der Waals surface area contributed by atoms with Gasteiger partial charge in [0, 0.05) is 43.3 Å². The molecule has 0 N–H and O–H groups in total. The zero-order chi connectivity index (χ0) is 22.7. The lowest BCUT2D eigenvalue weighted by molar-refractivity contribution is -0.144. The smallest absolute Gasteiger partial charge is 0.241 e. The highest BCUT2D eigenvalue weighted by Crippen LogP contribution is 2.38. The summed E-state index contributed by atoms with van der Waals surface area (Å²) in [6.45, 7) is 2.40. The average Bonchev–Trinajstić information content (AvgIpc) is 3.65. The minimum atomic E-state index is -0.120. The Labute approximate surface area is 193 Å². The number of rotatable bonds is 9. The maximum atomic E-state index is 14.1. The van der Waals surface area contributed by atoms with Gasteiger partial charge in [0.2, 0.25) is 5.91 Å². The first-order valence-electron chi connectivity index (χ1n) is 12.4. The number of methoxy groups -OCH3 is 2. The molecular formula is C26H41N3O3. The quantitative estimate of drug-likeness (QED) is 0.581. The number of fused-ring (bicyclic) bond motifs is 1. The summed E-state index contributed by atoms with van der Waals surface area (Å²) in [5.41, 5.74) is 1.12. The Hall–Kier alpha value is -1.79. The second kappa shape index (κ2) is 10.4. The molecule has 32 heavy (non-hydrogen) atoms. The number of carbonyl (C=O) groups excluding carboxylic acids is 1. The second-order valence-corrected chi connectivity index (χ2v) is 10.1. The molecule has 0 radical (unpaired) electrons. The largest absolute Gasteiger partial charge is 0.497 e. The molecule has 6 heteroatoms. The third kappa shape index (κ3) is 5.23. The highest BCUT2D eigenvalue weighted by Gasteiger charge is 2.43. The Morgan fingerprint density at radius 3 is 2.50 bits per heavy atom. The minimum Gasteiger partial charge on any atom is -0.497 e. The third-order valence-electron chi connectivity index (χ3n) is 7.61. The minimum absolute atomic E-state index is 0.120. The van der Waals surface area contributed by atoms with Crippen molar-refractivity contribution in [2.24, 2.45) is 5.92 Å². The molecule has 2 aliphatic carbocycles. The molecule has 0 aromatic heterocycles. The summed E-state index contributed by atoms with van der Waals surface area (Å²) in [6, 6.07) is 6.82. The van der Waals surface area contributed by atoms with Gasteiger partial charge in [-0.05, 0) is 64.6 Å². The first kappa shape index (κ1) is 23.4. The molecule has 1 aromatic carbocycles. The number of benzene rings is 1. The van der Waals surface area contributed by atoms with Gasteiger partial charge in [0.05, 0.1) is 14.2 Å². The first-order valence-corrected chi connectivity index (χ1v) is 12.4. The number of piperidine rings is 1. The van der Waals surface area contributed by atoms with Gasteiger partial charge in [0.25, 0.3) is 0 Å². The van der Waals surface area contributed by atoms with Gasteiger partial charge in [-0.25, -0.2) is 0 Å². The molecule has 6 nitrogen and oxygen atoms in total. The fraction of sp³-hybridized carbons (Fsp3) is 0.731. The fourth-order valence-electron chi connectivity index (χ4n) is 5.84. The van der Waals surface area contributed by atoms with E-state index in [1.165, 1.54) is 44.9 Å². The molecule has 1 amide bonds. The molecule has 4 rings (SSSR count). The first-order chi connectivity index (χ1) is 15.5. The Bertz CT molecular complexity index is 778. The maximum Gasteiger partial charge on any atom is 0.241 e. The number of likely N-dealkylation sites (N-methyl/N-ethyl adjacent to an activating group) is 1. The Morgan fingerprint density at radius 2 is 1.81 bits per heavy atom. The van der Waals surface area contributed by atoms with Gasteiger partial charge in [-0.1, -0.05) is 18.9 Å². The van der Waals surface area contributed by atoms with E-state index in [4.69, 9.17) is 9.47 Å². The molecule has 1 aliphatic heterocycles. The van der Waals surface area contributed by atoms with Crippen molar-refractivity contribution in [1.29, 1.82) is 0 Å². The van der Waals surface area contributed by atoms with Crippen LogP contribution in [0.1, 0.15) is 56.9 Å². The molecule has 3 fully saturated rings. The number of likely N-dealkylation sites (tertiary alicyclic amines) is 1. The van der Waals surface area contributed by atoms with Crippen LogP contribution in [0.2, 0.25) is 0 Å². The van der Waals surface area contributed by atoms with Crippen molar-refractivity contribution in [3.63, 3.8) is 0 Å². The normalized spacial score (nSPS) is 24.4. The summed E-state index contributed by atoms with van der Waals surface area (Å²) in [7, 11) is 7.55. The molecule has 0 spiro atoms. The van der Waals surface area contributed by atoms with Crippen LogP contribution in [0.5, 0.6) is 11.5 Å². The zero-order valence-electron chi connectivity index (χ0n) is 20.4. The molecule has 1 aromatic rings. The van der Waals surface area contributed by atoms with Crippen LogP contribution >= 0.6 is 0 Å². The van der Waals surface area contributed by atoms with E-state index in [-0.39, 0.29) is 6.04 Å². The molecule has 0 unspecified atom stereocenters. The van der Waals surface area contributed by atoms with Crippen molar-refractivity contribution >= 4 is 5.91 Å². The Morgan fingerprint density at radius 1 is 1.06 bits per heavy atom. The van der Waals surface area contributed by atoms with Gasteiger partial charge in [-0.15, -0.1) is 0 Å². The van der Waals surface area contributed by atoms with Gasteiger partial charge in [0.15, 0.2) is 0 Å². The van der Waals surface area contributed by atoms with Crippen LogP contribution in [-0.4, -0.2) is 80.1 Å². The summed E-state index contributed by atoms with van der Waals surface area (Å²) in [5.74, 6) is 2.67. The van der Waals surface area contributed by atoms with Crippen molar-refractivity contribution in [2.75, 3.05) is 41.4 Å². The number of amides is 1. The highest BCUT2D eigenvalue weighted by molar-refractivity contribution is 5.83. The predicted molar refractivity (Wildman–Crippen MR) is 127 cm³/mol. The molecule has 1 heterocycles. The topological polar surface area (TPSA) is 45.2 Å². The number of ether oxygens (including phenoxy) is 2. The van der Waals surface area contributed by atoms with Crippen LogP contribution in [-0.2, 0) is 11.3 Å². The Kier molecular flexibility index (Phi) is 7.62. The van der Waals surface area contributed by atoms with Crippen molar-refractivity contribution in [3.8, 4) is 11.5 Å². The summed E-state index contributed by atoms with van der Waals surface area (Å²) in [6.07, 6.45) is 9.85. The molecular weight excluding hydrogens is 402 g/mol. The summed E-state index contributed by atoms with van der Waals surface area (Å²) >= 11 is 0. The van der Waals surface area contributed by atoms with E-state index < -0.39 is 0 Å². The van der Waals surface area contributed by atoms with Crippen LogP contribution in [0.3, 0.4) is 0 Å². The van der Waals surface area contributed by atoms with Crippen molar-refractivity contribution in [3.05, 3.63) is 23.8 Å². The second-order valence-electron chi connectivity index (χ2n) is 10.1. The molecule has 0 bridgehead atoms. The summed E-state index contributed by atoms with van der Waals surface area (Å²) < 4.78 is 11.1. The van der Waals surface area contributed by atoms with Crippen molar-refractivity contribution < 1.29 is 14.3 Å². The van der Waals surface area contributed by atoms with E-state index in [0.29, 0.717) is 23.9 Å². The third-order valence-corrected chi connectivity index (χ3v) is 7.61. The van der Waals surface area contributed by atoms with E-state index >= 15 is 0 Å². The number of hydrogen-bond donors (Lipinski definition) is 0. The fourth-order valence-corrected chi connectivity index (χ4v) is 5.84. The number of hydrogen-bond acceptors (Lipinski definition) is 5. The number of carbonyl (C=O) groups is 1. The molecule has 1 saturated heterocycles. The van der Waals surface area contributed by atoms with Gasteiger partial charge in [0.1, 0.15) is 17.5 Å². The maximum absolute atomic E-state index is 14.1. The zero-order valence-corrected chi connectivity index (χ0v) is 20.4. The average molecular weight is 444 g/mol. The van der Waals surface area contributed by atoms with Gasteiger partial charge in [-0.2, -0.15) is 0 Å². The monoisotopic (exact) mass is 443 g/mol. The molecule has 3 atom stereocenters. The SMILES string of the molecule is COc1ccc(CN(C2CC2)[C@H](CN(C)C)C(=O)N2CCC[C@H]3CCCC[C@@H]32)c(OC)c1. The highest BCUT2D eigenvalue weighted by atomic mass is 16.5. The van der Waals surface area contributed by atoms with E-state index in [1.54, 1.807) is 14.2 Å². The Balaban J connectivity index is 1.59. The summed E-state index contributed by atoms with van der Waals surface area (Å²) in [5, 5.41) is 0. The standard InChI is InChI=1S/C26H41N3O3/c1-27(2)18-24(26(30)28-15-7-9-19-8-5-6-10-23(19)28)29(21-12-13-21)17-20-11-14-22(31-3)16-25(20)32-4/h11,14,16,19,21,23-24H,5-10,12-13,15,17-18H2,1-4H3/t19-,23+,24-/m1/s1. The van der Waals surface area contributed by atoms with E-state index in [9.17, 15) is 4.79 Å². The van der Waals surface area contributed by atoms with Crippen LogP contribution < -0.4 is 9.47 Å². The van der Waals surface area contributed by atoms with Crippen molar-refractivity contribution in [2.45, 2.75) is 76.0 Å². The molecule has 3 aliphatic rings. The lowest BCUT2D eigenvalue weighted by Crippen LogP contribution is -2.58. The molecule has 178 valence electrons. The van der Waals surface area contributed by atoms with Gasteiger partial charge in [-0.3, -0.25) is 9.69 Å². The molecule has 2 saturated carbocycles. The van der Waals surface area contributed by atoms with Crippen LogP contribution in [0, 0.1) is 5.92 Å². The van der Waals surface area contributed by atoms with Gasteiger partial charge < -0.3 is 19.3 Å². The van der Waals surface area contributed by atoms with Crippen LogP contribution in [0.25, 0.3) is 0 Å².